The van der Waals surface area contributed by atoms with Crippen molar-refractivity contribution in [3.05, 3.63) is 62.3 Å². The van der Waals surface area contributed by atoms with Crippen LogP contribution in [0.2, 0.25) is 0 Å². The number of nitro groups is 1. The first-order chi connectivity index (χ1) is 11.0. The molecule has 0 aliphatic heterocycles. The average molecular weight is 379 g/mol. The molecule has 1 N–H and O–H groups in total. The lowest BCUT2D eigenvalue weighted by Gasteiger charge is -2.01. The number of phenolic OH excluding ortho intramolecular Hbond substituents is 1. The molecule has 118 valence electrons. The molecule has 7 nitrogen and oxygen atoms in total. The van der Waals surface area contributed by atoms with Crippen molar-refractivity contribution in [1.29, 1.82) is 0 Å². The zero-order chi connectivity index (χ0) is 16.8. The molecule has 23 heavy (non-hydrogen) atoms. The van der Waals surface area contributed by atoms with Crippen LogP contribution in [-0.4, -0.2) is 28.6 Å². The van der Waals surface area contributed by atoms with Crippen molar-refractivity contribution >= 4 is 39.9 Å². The van der Waals surface area contributed by atoms with Crippen LogP contribution in [0.1, 0.15) is 16.1 Å². The van der Waals surface area contributed by atoms with Crippen LogP contribution in [0.25, 0.3) is 6.08 Å². The zero-order valence-corrected chi connectivity index (χ0v) is 13.3. The van der Waals surface area contributed by atoms with Crippen LogP contribution in [0.15, 0.2) is 50.3 Å². The van der Waals surface area contributed by atoms with Gasteiger partial charge in [-0.2, -0.15) is 0 Å². The molecule has 2 rings (SSSR count). The molecular weight excluding hydrogens is 368 g/mol. The molecule has 1 heterocycles. The fourth-order valence-corrected chi connectivity index (χ4v) is 2.04. The summed E-state index contributed by atoms with van der Waals surface area (Å²) < 4.78 is 5.60. The summed E-state index contributed by atoms with van der Waals surface area (Å²) in [7, 11) is 0. The van der Waals surface area contributed by atoms with Crippen LogP contribution >= 0.6 is 15.9 Å². The summed E-state index contributed by atoms with van der Waals surface area (Å²) in [5.41, 5.74) is 0.183. The van der Waals surface area contributed by atoms with Crippen molar-refractivity contribution in [3.8, 4) is 5.75 Å². The number of benzene rings is 1. The van der Waals surface area contributed by atoms with Crippen LogP contribution in [-0.2, 0) is 0 Å². The zero-order valence-electron chi connectivity index (χ0n) is 11.7. The summed E-state index contributed by atoms with van der Waals surface area (Å²) >= 11 is 3.22. The molecule has 0 unspecified atom stereocenters. The SMILES string of the molecule is O=C(CN=C/C=C/c1ccc([N+](=O)[O-])o1)c1cc(Br)ccc1O. The second-order valence-corrected chi connectivity index (χ2v) is 5.28. The normalized spacial score (nSPS) is 11.3. The molecule has 0 aliphatic rings. The summed E-state index contributed by atoms with van der Waals surface area (Å²) in [5.74, 6) is -0.477. The molecule has 0 fully saturated rings. The monoisotopic (exact) mass is 378 g/mol. The number of carbonyl (C=O) groups excluding carboxylic acids is 1. The first-order valence-electron chi connectivity index (χ1n) is 6.40. The molecule has 0 amide bonds. The molecule has 2 aromatic rings. The minimum Gasteiger partial charge on any atom is -0.507 e. The Labute approximate surface area is 139 Å². The third kappa shape index (κ3) is 4.62. The molecule has 0 spiro atoms. The van der Waals surface area contributed by atoms with Crippen LogP contribution in [0.3, 0.4) is 0 Å². The Bertz CT molecular complexity index is 795. The standard InChI is InChI=1S/C15H11BrN2O5/c16-10-3-5-13(19)12(8-10)14(20)9-17-7-1-2-11-4-6-15(23-11)18(21)22/h1-8,19H,9H2/b2-1+,17-7?. The number of halogens is 1. The van der Waals surface area contributed by atoms with E-state index in [0.29, 0.717) is 10.2 Å². The van der Waals surface area contributed by atoms with E-state index in [4.69, 9.17) is 4.42 Å². The Morgan fingerprint density at radius 3 is 2.87 bits per heavy atom. The van der Waals surface area contributed by atoms with E-state index < -0.39 is 4.92 Å². The van der Waals surface area contributed by atoms with Gasteiger partial charge >= 0.3 is 5.88 Å². The molecule has 1 aromatic heterocycles. The molecule has 1 aromatic carbocycles. The average Bonchev–Trinajstić information content (AvgIpc) is 2.98. The second-order valence-electron chi connectivity index (χ2n) is 4.37. The summed E-state index contributed by atoms with van der Waals surface area (Å²) in [4.78, 5) is 25.7. The van der Waals surface area contributed by atoms with E-state index in [0.717, 1.165) is 0 Å². The summed E-state index contributed by atoms with van der Waals surface area (Å²) in [6.45, 7) is -0.132. The highest BCUT2D eigenvalue weighted by atomic mass is 79.9. The van der Waals surface area contributed by atoms with E-state index in [1.165, 1.54) is 42.6 Å². The van der Waals surface area contributed by atoms with Gasteiger partial charge in [0.15, 0.2) is 5.78 Å². The van der Waals surface area contributed by atoms with E-state index in [1.807, 2.05) is 0 Å². The van der Waals surface area contributed by atoms with Crippen molar-refractivity contribution in [2.75, 3.05) is 6.54 Å². The van der Waals surface area contributed by atoms with Gasteiger partial charge in [-0.05, 0) is 36.4 Å². The number of nitrogens with zero attached hydrogens (tertiary/aromatic N) is 2. The van der Waals surface area contributed by atoms with E-state index in [1.54, 1.807) is 6.07 Å². The van der Waals surface area contributed by atoms with Gasteiger partial charge in [0.05, 0.1) is 11.6 Å². The fourth-order valence-electron chi connectivity index (χ4n) is 1.68. The lowest BCUT2D eigenvalue weighted by Crippen LogP contribution is -2.03. The number of phenols is 1. The Balaban J connectivity index is 1.93. The summed E-state index contributed by atoms with van der Waals surface area (Å²) in [6, 6.07) is 7.26. The highest BCUT2D eigenvalue weighted by Crippen LogP contribution is 2.22. The molecule has 0 atom stereocenters. The smallest absolute Gasteiger partial charge is 0.433 e. The number of furan rings is 1. The number of allylic oxidation sites excluding steroid dienone is 1. The molecule has 8 heteroatoms. The lowest BCUT2D eigenvalue weighted by atomic mass is 10.1. The van der Waals surface area contributed by atoms with Crippen molar-refractivity contribution in [3.63, 3.8) is 0 Å². The Kier molecular flexibility index (Phi) is 5.42. The topological polar surface area (TPSA) is 106 Å². The molecule has 0 saturated heterocycles. The van der Waals surface area contributed by atoms with Gasteiger partial charge < -0.3 is 9.52 Å². The van der Waals surface area contributed by atoms with E-state index in [-0.39, 0.29) is 29.5 Å². The largest absolute Gasteiger partial charge is 0.507 e. The van der Waals surface area contributed by atoms with E-state index in [9.17, 15) is 20.0 Å². The van der Waals surface area contributed by atoms with Gasteiger partial charge in [0, 0.05) is 10.7 Å². The van der Waals surface area contributed by atoms with Gasteiger partial charge in [-0.3, -0.25) is 19.9 Å². The van der Waals surface area contributed by atoms with E-state index in [2.05, 4.69) is 20.9 Å². The van der Waals surface area contributed by atoms with Crippen molar-refractivity contribution in [2.24, 2.45) is 4.99 Å². The number of aromatic hydroxyl groups is 1. The molecule has 0 aliphatic carbocycles. The minimum absolute atomic E-state index is 0.105. The fraction of sp³-hybridized carbons (Fsp3) is 0.0667. The Morgan fingerprint density at radius 2 is 2.17 bits per heavy atom. The van der Waals surface area contributed by atoms with Gasteiger partial charge in [0.25, 0.3) is 0 Å². The predicted octanol–water partition coefficient (Wildman–Crippen LogP) is 3.62. The minimum atomic E-state index is -0.630. The maximum atomic E-state index is 11.9. The summed E-state index contributed by atoms with van der Waals surface area (Å²) in [5, 5.41) is 20.1. The number of hydrogen-bond acceptors (Lipinski definition) is 6. The van der Waals surface area contributed by atoms with Crippen LogP contribution in [0.5, 0.6) is 5.75 Å². The molecule has 0 bridgehead atoms. The van der Waals surface area contributed by atoms with Crippen molar-refractivity contribution in [2.45, 2.75) is 0 Å². The van der Waals surface area contributed by atoms with E-state index >= 15 is 0 Å². The van der Waals surface area contributed by atoms with Crippen LogP contribution in [0, 0.1) is 10.1 Å². The molecule has 0 radical (unpaired) electrons. The molecule has 0 saturated carbocycles. The first kappa shape index (κ1) is 16.6. The van der Waals surface area contributed by atoms with Gasteiger partial charge in [-0.1, -0.05) is 15.9 Å². The number of ketones is 1. The van der Waals surface area contributed by atoms with Gasteiger partial charge in [0.2, 0.25) is 0 Å². The van der Waals surface area contributed by atoms with Gasteiger partial charge in [0.1, 0.15) is 23.0 Å². The third-order valence-electron chi connectivity index (χ3n) is 2.74. The number of Topliss-reactive ketones (excluding diaryl/α,β-unsaturated/α-hetero) is 1. The van der Waals surface area contributed by atoms with Gasteiger partial charge in [-0.25, -0.2) is 0 Å². The number of rotatable bonds is 6. The lowest BCUT2D eigenvalue weighted by molar-refractivity contribution is -0.402. The van der Waals surface area contributed by atoms with Crippen molar-refractivity contribution < 1.29 is 19.2 Å². The Morgan fingerprint density at radius 1 is 1.39 bits per heavy atom. The van der Waals surface area contributed by atoms with Crippen LogP contribution < -0.4 is 0 Å². The highest BCUT2D eigenvalue weighted by Gasteiger charge is 2.11. The van der Waals surface area contributed by atoms with Crippen LogP contribution in [0.4, 0.5) is 5.88 Å². The van der Waals surface area contributed by atoms with Crippen molar-refractivity contribution in [1.82, 2.24) is 0 Å². The highest BCUT2D eigenvalue weighted by molar-refractivity contribution is 9.10. The number of aliphatic imine (C=N–C) groups is 1. The Hall–Kier alpha value is -2.74. The first-order valence-corrected chi connectivity index (χ1v) is 7.19. The molecular formula is C15H11BrN2O5. The van der Waals surface area contributed by atoms with Gasteiger partial charge in [-0.15, -0.1) is 0 Å². The number of carbonyl (C=O) groups is 1. The predicted molar refractivity (Wildman–Crippen MR) is 87.9 cm³/mol. The second kappa shape index (κ2) is 7.50. The third-order valence-corrected chi connectivity index (χ3v) is 3.23. The number of hydrogen-bond donors (Lipinski definition) is 1. The maximum absolute atomic E-state index is 11.9. The maximum Gasteiger partial charge on any atom is 0.433 e. The quantitative estimate of drug-likeness (QED) is 0.357. The summed E-state index contributed by atoms with van der Waals surface area (Å²) in [6.07, 6.45) is 4.36.